The van der Waals surface area contributed by atoms with Crippen LogP contribution < -0.4 is 5.73 Å². The quantitative estimate of drug-likeness (QED) is 0.864. The molecule has 5 heteroatoms. The number of carbonyl (C=O) groups is 1. The molecule has 2 rings (SSSR count). The summed E-state index contributed by atoms with van der Waals surface area (Å²) in [5, 5.41) is -0.203. The maximum absolute atomic E-state index is 10.9. The van der Waals surface area contributed by atoms with Gasteiger partial charge in [-0.3, -0.25) is 4.79 Å². The number of hydrogen-bond donors (Lipinski definition) is 1. The summed E-state index contributed by atoms with van der Waals surface area (Å²) in [5.41, 5.74) is 8.25. The second-order valence-corrected chi connectivity index (χ2v) is 5.10. The third-order valence-electron chi connectivity index (χ3n) is 2.87. The van der Waals surface area contributed by atoms with Crippen molar-refractivity contribution in [3.05, 3.63) is 29.6 Å². The monoisotopic (exact) mass is 265 g/mol. The van der Waals surface area contributed by atoms with Crippen LogP contribution in [0.3, 0.4) is 0 Å². The predicted molar refractivity (Wildman–Crippen MR) is 72.5 cm³/mol. The zero-order valence-electron chi connectivity index (χ0n) is 10.5. The third-order valence-corrected chi connectivity index (χ3v) is 3.07. The molecule has 1 aromatic heterocycles. The molecule has 0 saturated carbocycles. The number of carbonyl (C=O) groups excluding carboxylic acids is 1. The minimum atomic E-state index is -0.322. The Kier molecular flexibility index (Phi) is 3.57. The largest absolute Gasteiger partial charge is 0.370 e. The zero-order valence-corrected chi connectivity index (χ0v) is 11.2. The first-order valence-corrected chi connectivity index (χ1v) is 6.32. The maximum atomic E-state index is 10.9. The highest BCUT2D eigenvalue weighted by atomic mass is 35.5. The lowest BCUT2D eigenvalue weighted by atomic mass is 10.2. The molecule has 1 heterocycles. The number of aromatic nitrogens is 2. The summed E-state index contributed by atoms with van der Waals surface area (Å²) in [4.78, 5) is 15.4. The molecule has 0 bridgehead atoms. The average molecular weight is 266 g/mol. The van der Waals surface area contributed by atoms with Gasteiger partial charge in [-0.25, -0.2) is 4.98 Å². The van der Waals surface area contributed by atoms with Crippen molar-refractivity contribution in [2.45, 2.75) is 32.2 Å². The number of benzene rings is 1. The number of nitrogens with zero attached hydrogens (tertiary/aromatic N) is 2. The molecule has 0 spiro atoms. The van der Waals surface area contributed by atoms with Crippen LogP contribution in [0.25, 0.3) is 11.0 Å². The molecule has 1 aromatic carbocycles. The molecule has 0 aliphatic rings. The standard InChI is InChI=1S/C13H16ClN3O/c1-8-3-4-10-11(7-8)17(6-5-12(15)18)13(16-10)9(2)14/h3-4,7,9H,5-6H2,1-2H3,(H2,15,18). The first-order chi connectivity index (χ1) is 8.49. The summed E-state index contributed by atoms with van der Waals surface area (Å²) in [7, 11) is 0. The second-order valence-electron chi connectivity index (χ2n) is 4.45. The molecule has 2 N–H and O–H groups in total. The van der Waals surface area contributed by atoms with Crippen LogP contribution >= 0.6 is 11.6 Å². The highest BCUT2D eigenvalue weighted by molar-refractivity contribution is 6.20. The van der Waals surface area contributed by atoms with Gasteiger partial charge >= 0.3 is 0 Å². The van der Waals surface area contributed by atoms with Gasteiger partial charge in [0, 0.05) is 13.0 Å². The maximum Gasteiger partial charge on any atom is 0.219 e. The average Bonchev–Trinajstić information content (AvgIpc) is 2.64. The number of imidazole rings is 1. The van der Waals surface area contributed by atoms with Gasteiger partial charge in [-0.2, -0.15) is 0 Å². The van der Waals surface area contributed by atoms with E-state index in [4.69, 9.17) is 17.3 Å². The molecule has 1 atom stereocenters. The van der Waals surface area contributed by atoms with Crippen molar-refractivity contribution in [3.8, 4) is 0 Å². The van der Waals surface area contributed by atoms with Crippen molar-refractivity contribution < 1.29 is 4.79 Å². The second kappa shape index (κ2) is 4.98. The van der Waals surface area contributed by atoms with Gasteiger partial charge in [0.15, 0.2) is 0 Å². The fourth-order valence-electron chi connectivity index (χ4n) is 2.01. The molecule has 0 aliphatic carbocycles. The Morgan fingerprint density at radius 1 is 1.56 bits per heavy atom. The van der Waals surface area contributed by atoms with Crippen molar-refractivity contribution in [1.82, 2.24) is 9.55 Å². The number of hydrogen-bond acceptors (Lipinski definition) is 2. The summed E-state index contributed by atoms with van der Waals surface area (Å²) in [6.45, 7) is 4.41. The van der Waals surface area contributed by atoms with E-state index in [0.717, 1.165) is 22.4 Å². The van der Waals surface area contributed by atoms with E-state index in [9.17, 15) is 4.79 Å². The van der Waals surface area contributed by atoms with E-state index in [1.165, 1.54) is 0 Å². The minimum absolute atomic E-state index is 0.203. The smallest absolute Gasteiger partial charge is 0.219 e. The number of rotatable bonds is 4. The third kappa shape index (κ3) is 2.48. The number of primary amides is 1. The molecule has 1 amide bonds. The van der Waals surface area contributed by atoms with Crippen molar-refractivity contribution in [2.75, 3.05) is 0 Å². The molecule has 0 radical (unpaired) electrons. The Morgan fingerprint density at radius 3 is 2.89 bits per heavy atom. The first-order valence-electron chi connectivity index (χ1n) is 5.88. The van der Waals surface area contributed by atoms with Crippen LogP contribution in [0.4, 0.5) is 0 Å². The molecular formula is C13H16ClN3O. The van der Waals surface area contributed by atoms with Crippen LogP contribution in [0.15, 0.2) is 18.2 Å². The number of amides is 1. The van der Waals surface area contributed by atoms with Gasteiger partial charge < -0.3 is 10.3 Å². The topological polar surface area (TPSA) is 60.9 Å². The SMILES string of the molecule is Cc1ccc2nc(C(C)Cl)n(CCC(N)=O)c2c1. The number of fused-ring (bicyclic) bond motifs is 1. The number of aryl methyl sites for hydroxylation is 2. The Labute approximate surface area is 111 Å². The van der Waals surface area contributed by atoms with Gasteiger partial charge in [0.25, 0.3) is 0 Å². The van der Waals surface area contributed by atoms with Crippen LogP contribution in [0.1, 0.15) is 30.1 Å². The number of halogens is 1. The molecular weight excluding hydrogens is 250 g/mol. The number of alkyl halides is 1. The van der Waals surface area contributed by atoms with Crippen LogP contribution in [-0.2, 0) is 11.3 Å². The van der Waals surface area contributed by atoms with E-state index < -0.39 is 0 Å². The van der Waals surface area contributed by atoms with Crippen molar-refractivity contribution in [1.29, 1.82) is 0 Å². The van der Waals surface area contributed by atoms with E-state index >= 15 is 0 Å². The lowest BCUT2D eigenvalue weighted by molar-refractivity contribution is -0.118. The van der Waals surface area contributed by atoms with Gasteiger partial charge in [0.2, 0.25) is 5.91 Å². The molecule has 4 nitrogen and oxygen atoms in total. The molecule has 96 valence electrons. The zero-order chi connectivity index (χ0) is 13.3. The normalized spacial score (nSPS) is 12.8. The highest BCUT2D eigenvalue weighted by Gasteiger charge is 2.15. The van der Waals surface area contributed by atoms with E-state index in [2.05, 4.69) is 4.98 Å². The Balaban J connectivity index is 2.53. The fraction of sp³-hybridized carbons (Fsp3) is 0.385. The molecule has 0 saturated heterocycles. The molecule has 1 unspecified atom stereocenters. The molecule has 2 aromatic rings. The van der Waals surface area contributed by atoms with E-state index in [0.29, 0.717) is 6.54 Å². The van der Waals surface area contributed by atoms with Crippen LogP contribution in [0.2, 0.25) is 0 Å². The Morgan fingerprint density at radius 2 is 2.28 bits per heavy atom. The van der Waals surface area contributed by atoms with Gasteiger partial charge in [-0.1, -0.05) is 6.07 Å². The minimum Gasteiger partial charge on any atom is -0.370 e. The highest BCUT2D eigenvalue weighted by Crippen LogP contribution is 2.25. The van der Waals surface area contributed by atoms with Crippen LogP contribution in [-0.4, -0.2) is 15.5 Å². The summed E-state index contributed by atoms with van der Waals surface area (Å²) in [6.07, 6.45) is 0.288. The lowest BCUT2D eigenvalue weighted by Gasteiger charge is -2.09. The Bertz CT molecular complexity index is 589. The van der Waals surface area contributed by atoms with Crippen LogP contribution in [0, 0.1) is 6.92 Å². The van der Waals surface area contributed by atoms with Gasteiger partial charge in [-0.15, -0.1) is 11.6 Å². The molecule has 0 aliphatic heterocycles. The van der Waals surface area contributed by atoms with Gasteiger partial charge in [0.05, 0.1) is 16.4 Å². The van der Waals surface area contributed by atoms with Crippen LogP contribution in [0.5, 0.6) is 0 Å². The summed E-state index contributed by atoms with van der Waals surface area (Å²) < 4.78 is 1.98. The molecule has 0 fully saturated rings. The summed E-state index contributed by atoms with van der Waals surface area (Å²) in [5.74, 6) is 0.455. The van der Waals surface area contributed by atoms with Crippen molar-refractivity contribution in [2.24, 2.45) is 5.73 Å². The van der Waals surface area contributed by atoms with Crippen molar-refractivity contribution in [3.63, 3.8) is 0 Å². The summed E-state index contributed by atoms with van der Waals surface area (Å²) >= 11 is 6.14. The van der Waals surface area contributed by atoms with E-state index in [1.54, 1.807) is 0 Å². The van der Waals surface area contributed by atoms with E-state index in [1.807, 2.05) is 36.6 Å². The van der Waals surface area contributed by atoms with Crippen molar-refractivity contribution >= 4 is 28.5 Å². The fourth-order valence-corrected chi connectivity index (χ4v) is 2.18. The molecule has 18 heavy (non-hydrogen) atoms. The van der Waals surface area contributed by atoms with Gasteiger partial charge in [-0.05, 0) is 31.5 Å². The van der Waals surface area contributed by atoms with E-state index in [-0.39, 0.29) is 17.7 Å². The lowest BCUT2D eigenvalue weighted by Crippen LogP contribution is -2.15. The summed E-state index contributed by atoms with van der Waals surface area (Å²) in [6, 6.07) is 6.02. The van der Waals surface area contributed by atoms with Gasteiger partial charge in [0.1, 0.15) is 5.82 Å². The first kappa shape index (κ1) is 12.9. The predicted octanol–water partition coefficient (Wildman–Crippen LogP) is 2.52. The number of nitrogens with two attached hydrogens (primary N) is 1. The Hall–Kier alpha value is -1.55.